The van der Waals surface area contributed by atoms with E-state index in [9.17, 15) is 4.79 Å². The standard InChI is InChI=1S/C14H22N4O.2ClH/c1-14(2,15)13(19)17-11-6-7-12(16-10-11)18-8-4-3-5-9-18;;/h6-7,10H,3-5,8-9,15H2,1-2H3,(H,17,19);2*1H. The number of hydrogen-bond donors (Lipinski definition) is 2. The molecule has 1 saturated heterocycles. The Morgan fingerprint density at radius 3 is 2.33 bits per heavy atom. The molecule has 0 unspecified atom stereocenters. The topological polar surface area (TPSA) is 71.2 Å². The van der Waals surface area contributed by atoms with Gasteiger partial charge >= 0.3 is 0 Å². The van der Waals surface area contributed by atoms with Gasteiger partial charge in [0.25, 0.3) is 0 Å². The van der Waals surface area contributed by atoms with E-state index in [0.717, 1.165) is 18.9 Å². The van der Waals surface area contributed by atoms with Gasteiger partial charge in [0.1, 0.15) is 5.82 Å². The molecule has 0 aromatic carbocycles. The van der Waals surface area contributed by atoms with E-state index in [1.807, 2.05) is 12.1 Å². The number of halogens is 2. The number of amides is 1. The summed E-state index contributed by atoms with van der Waals surface area (Å²) in [4.78, 5) is 18.4. The summed E-state index contributed by atoms with van der Waals surface area (Å²) in [6, 6.07) is 3.82. The Morgan fingerprint density at radius 2 is 1.86 bits per heavy atom. The third-order valence-corrected chi connectivity index (χ3v) is 3.27. The van der Waals surface area contributed by atoms with Crippen molar-refractivity contribution >= 4 is 42.2 Å². The van der Waals surface area contributed by atoms with Gasteiger partial charge in [0.15, 0.2) is 0 Å². The summed E-state index contributed by atoms with van der Waals surface area (Å²) in [5, 5.41) is 2.77. The average Bonchev–Trinajstić information content (AvgIpc) is 2.39. The number of nitrogens with two attached hydrogens (primary N) is 1. The number of aromatic nitrogens is 1. The Kier molecular flexibility index (Phi) is 8.00. The minimum atomic E-state index is -0.883. The molecular weight excluding hydrogens is 311 g/mol. The zero-order valence-electron chi connectivity index (χ0n) is 12.5. The maximum atomic E-state index is 11.7. The second kappa shape index (κ2) is 8.41. The van der Waals surface area contributed by atoms with Crippen LogP contribution in [-0.4, -0.2) is 29.5 Å². The van der Waals surface area contributed by atoms with Crippen LogP contribution in [0.4, 0.5) is 11.5 Å². The molecule has 0 radical (unpaired) electrons. The van der Waals surface area contributed by atoms with Crippen LogP contribution in [-0.2, 0) is 4.79 Å². The van der Waals surface area contributed by atoms with Gasteiger partial charge in [-0.2, -0.15) is 0 Å². The van der Waals surface area contributed by atoms with Gasteiger partial charge in [0, 0.05) is 13.1 Å². The smallest absolute Gasteiger partial charge is 0.243 e. The van der Waals surface area contributed by atoms with E-state index in [4.69, 9.17) is 5.73 Å². The lowest BCUT2D eigenvalue weighted by Gasteiger charge is -2.27. The number of carbonyl (C=O) groups is 1. The number of nitrogens with one attached hydrogen (secondary N) is 1. The number of carbonyl (C=O) groups excluding carboxylic acids is 1. The molecule has 1 fully saturated rings. The maximum absolute atomic E-state index is 11.7. The van der Waals surface area contributed by atoms with E-state index in [2.05, 4.69) is 15.2 Å². The number of pyridine rings is 1. The molecule has 1 aromatic rings. The van der Waals surface area contributed by atoms with Crippen molar-refractivity contribution in [3.05, 3.63) is 18.3 Å². The van der Waals surface area contributed by atoms with Crippen LogP contribution in [0.15, 0.2) is 18.3 Å². The zero-order valence-corrected chi connectivity index (χ0v) is 14.1. The van der Waals surface area contributed by atoms with E-state index >= 15 is 0 Å². The highest BCUT2D eigenvalue weighted by Gasteiger charge is 2.22. The summed E-state index contributed by atoms with van der Waals surface area (Å²) in [6.45, 7) is 5.48. The zero-order chi connectivity index (χ0) is 13.9. The Morgan fingerprint density at radius 1 is 1.24 bits per heavy atom. The van der Waals surface area contributed by atoms with E-state index in [1.165, 1.54) is 19.3 Å². The molecular formula is C14H24Cl2N4O. The molecule has 120 valence electrons. The van der Waals surface area contributed by atoms with Crippen molar-refractivity contribution < 1.29 is 4.79 Å². The lowest BCUT2D eigenvalue weighted by atomic mass is 10.1. The van der Waals surface area contributed by atoms with Crippen molar-refractivity contribution in [3.63, 3.8) is 0 Å². The lowest BCUT2D eigenvalue weighted by Crippen LogP contribution is -2.45. The molecule has 7 heteroatoms. The van der Waals surface area contributed by atoms with Gasteiger partial charge in [-0.3, -0.25) is 4.79 Å². The number of hydrogen-bond acceptors (Lipinski definition) is 4. The van der Waals surface area contributed by atoms with Gasteiger partial charge in [0.05, 0.1) is 17.4 Å². The predicted octanol–water partition coefficient (Wildman–Crippen LogP) is 2.59. The molecule has 0 bridgehead atoms. The van der Waals surface area contributed by atoms with Crippen LogP contribution in [0.3, 0.4) is 0 Å². The SMILES string of the molecule is CC(C)(N)C(=O)Nc1ccc(N2CCCCC2)nc1.Cl.Cl. The molecule has 1 aromatic heterocycles. The summed E-state index contributed by atoms with van der Waals surface area (Å²) in [6.07, 6.45) is 5.44. The van der Waals surface area contributed by atoms with Crippen LogP contribution in [0.2, 0.25) is 0 Å². The first-order valence-electron chi connectivity index (χ1n) is 6.78. The first-order chi connectivity index (χ1) is 8.97. The Labute approximate surface area is 138 Å². The average molecular weight is 335 g/mol. The minimum Gasteiger partial charge on any atom is -0.357 e. The van der Waals surface area contributed by atoms with Crippen LogP contribution < -0.4 is 16.0 Å². The van der Waals surface area contributed by atoms with Crippen LogP contribution in [0.5, 0.6) is 0 Å². The minimum absolute atomic E-state index is 0. The van der Waals surface area contributed by atoms with Crippen LogP contribution in [0.25, 0.3) is 0 Å². The van der Waals surface area contributed by atoms with Crippen molar-refractivity contribution in [2.75, 3.05) is 23.3 Å². The Balaban J connectivity index is 0.00000200. The summed E-state index contributed by atoms with van der Waals surface area (Å²) < 4.78 is 0. The molecule has 0 atom stereocenters. The Bertz CT molecular complexity index is 439. The van der Waals surface area contributed by atoms with Crippen molar-refractivity contribution in [3.8, 4) is 0 Å². The van der Waals surface area contributed by atoms with Gasteiger partial charge in [-0.1, -0.05) is 0 Å². The number of rotatable bonds is 3. The number of piperidine rings is 1. The molecule has 2 heterocycles. The third kappa shape index (κ3) is 5.69. The van der Waals surface area contributed by atoms with Crippen molar-refractivity contribution in [1.82, 2.24) is 4.98 Å². The van der Waals surface area contributed by atoms with E-state index in [1.54, 1.807) is 20.0 Å². The normalized spacial score (nSPS) is 14.7. The highest BCUT2D eigenvalue weighted by atomic mass is 35.5. The molecule has 0 aliphatic carbocycles. The monoisotopic (exact) mass is 334 g/mol. The summed E-state index contributed by atoms with van der Waals surface area (Å²) in [5.41, 5.74) is 5.53. The molecule has 1 aliphatic rings. The maximum Gasteiger partial charge on any atom is 0.243 e. The molecule has 21 heavy (non-hydrogen) atoms. The highest BCUT2D eigenvalue weighted by molar-refractivity contribution is 5.97. The molecule has 0 saturated carbocycles. The van der Waals surface area contributed by atoms with Crippen LogP contribution in [0.1, 0.15) is 33.1 Å². The molecule has 1 amide bonds. The Hall–Kier alpha value is -1.04. The summed E-state index contributed by atoms with van der Waals surface area (Å²) in [5.74, 6) is 0.768. The summed E-state index contributed by atoms with van der Waals surface area (Å²) in [7, 11) is 0. The predicted molar refractivity (Wildman–Crippen MR) is 91.7 cm³/mol. The van der Waals surface area contributed by atoms with Gasteiger partial charge in [-0.15, -0.1) is 24.8 Å². The molecule has 0 spiro atoms. The van der Waals surface area contributed by atoms with Gasteiger partial charge in [-0.05, 0) is 45.2 Å². The van der Waals surface area contributed by atoms with Gasteiger partial charge in [-0.25, -0.2) is 4.98 Å². The second-order valence-electron chi connectivity index (χ2n) is 5.63. The molecule has 3 N–H and O–H groups in total. The van der Waals surface area contributed by atoms with Crippen molar-refractivity contribution in [2.45, 2.75) is 38.6 Å². The van der Waals surface area contributed by atoms with Crippen LogP contribution >= 0.6 is 24.8 Å². The van der Waals surface area contributed by atoms with Crippen molar-refractivity contribution in [2.24, 2.45) is 5.73 Å². The first kappa shape index (κ1) is 20.0. The van der Waals surface area contributed by atoms with E-state index in [0.29, 0.717) is 5.69 Å². The van der Waals surface area contributed by atoms with Crippen molar-refractivity contribution in [1.29, 1.82) is 0 Å². The number of anilines is 2. The fraction of sp³-hybridized carbons (Fsp3) is 0.571. The molecule has 5 nitrogen and oxygen atoms in total. The first-order valence-corrected chi connectivity index (χ1v) is 6.78. The largest absolute Gasteiger partial charge is 0.357 e. The quantitative estimate of drug-likeness (QED) is 0.891. The highest BCUT2D eigenvalue weighted by Crippen LogP contribution is 2.19. The third-order valence-electron chi connectivity index (χ3n) is 3.27. The van der Waals surface area contributed by atoms with E-state index in [-0.39, 0.29) is 30.7 Å². The molecule has 1 aliphatic heterocycles. The van der Waals surface area contributed by atoms with Crippen LogP contribution in [0, 0.1) is 0 Å². The van der Waals surface area contributed by atoms with Gasteiger partial charge < -0.3 is 16.0 Å². The number of nitrogens with zero attached hydrogens (tertiary/aromatic N) is 2. The summed E-state index contributed by atoms with van der Waals surface area (Å²) >= 11 is 0. The van der Waals surface area contributed by atoms with Gasteiger partial charge in [0.2, 0.25) is 5.91 Å². The fourth-order valence-electron chi connectivity index (χ4n) is 2.06. The van der Waals surface area contributed by atoms with E-state index < -0.39 is 5.54 Å². The second-order valence-corrected chi connectivity index (χ2v) is 5.63. The molecule has 2 rings (SSSR count). The fourth-order valence-corrected chi connectivity index (χ4v) is 2.06. The lowest BCUT2D eigenvalue weighted by molar-refractivity contribution is -0.120.